The molecule has 4 aliphatic rings. The first-order chi connectivity index (χ1) is 26.7. The van der Waals surface area contributed by atoms with E-state index in [9.17, 15) is 9.90 Å². The predicted molar refractivity (Wildman–Crippen MR) is 234 cm³/mol. The zero-order valence-electron chi connectivity index (χ0n) is 37.9. The highest BCUT2D eigenvalue weighted by molar-refractivity contribution is 6.74. The van der Waals surface area contributed by atoms with Gasteiger partial charge >= 0.3 is 5.97 Å². The number of benzene rings is 1. The molecule has 1 N–H and O–H groups in total. The molecule has 0 spiro atoms. The van der Waals surface area contributed by atoms with Crippen LogP contribution >= 0.6 is 0 Å². The van der Waals surface area contributed by atoms with Crippen LogP contribution in [0.15, 0.2) is 41.5 Å². The maximum absolute atomic E-state index is 14.3. The topological polar surface area (TPSA) is 102 Å². The zero-order chi connectivity index (χ0) is 42.2. The van der Waals surface area contributed by atoms with Crippen molar-refractivity contribution in [2.75, 3.05) is 13.2 Å². The van der Waals surface area contributed by atoms with Gasteiger partial charge in [-0.3, -0.25) is 0 Å². The Bertz CT molecular complexity index is 1530. The standard InChI is InChI=1S/C45H77O9Si3/c1-15-56(16-2,17-3)53-33(26-27-49-55(13)14)31(7)37-38-40(52-43(10,11)51-38)44(12)35(54-57(18-4,19-5)20-6)28-36-45(47,30-48-36)39(44)34(29-42(37,8)9)50-41(46)32-24-22-21-23-25-32/h21-25,33-36,38-40,47H,15-20,26-30H2,1-14H3/b37-31-/t33?,34?,35?,36?,38?,39?,40?,44-,45?/m1/s1. The summed E-state index contributed by atoms with van der Waals surface area (Å²) in [6, 6.07) is 15.3. The quantitative estimate of drug-likeness (QED) is 0.0933. The van der Waals surface area contributed by atoms with Gasteiger partial charge < -0.3 is 37.3 Å². The van der Waals surface area contributed by atoms with Crippen LogP contribution in [0.5, 0.6) is 0 Å². The number of carbonyl (C=O) groups excluding carboxylic acids is 1. The Kier molecular flexibility index (Phi) is 14.8. The van der Waals surface area contributed by atoms with Gasteiger partial charge in [-0.2, -0.15) is 0 Å². The smallest absolute Gasteiger partial charge is 0.338 e. The van der Waals surface area contributed by atoms with Crippen molar-refractivity contribution in [1.29, 1.82) is 0 Å². The van der Waals surface area contributed by atoms with Crippen molar-refractivity contribution in [2.24, 2.45) is 16.7 Å². The summed E-state index contributed by atoms with van der Waals surface area (Å²) in [5.41, 5.74) is 0.106. The van der Waals surface area contributed by atoms with Crippen LogP contribution in [0.3, 0.4) is 0 Å². The lowest BCUT2D eigenvalue weighted by molar-refractivity contribution is -0.344. The zero-order valence-corrected chi connectivity index (χ0v) is 40.9. The van der Waals surface area contributed by atoms with Gasteiger partial charge in [0.05, 0.1) is 36.6 Å². The van der Waals surface area contributed by atoms with E-state index in [1.54, 1.807) is 12.1 Å². The van der Waals surface area contributed by atoms with E-state index in [-0.39, 0.29) is 18.8 Å². The molecule has 9 nitrogen and oxygen atoms in total. The highest BCUT2D eigenvalue weighted by atomic mass is 28.4. The fourth-order valence-electron chi connectivity index (χ4n) is 11.1. The van der Waals surface area contributed by atoms with Crippen LogP contribution in [0.2, 0.25) is 49.4 Å². The summed E-state index contributed by atoms with van der Waals surface area (Å²) in [4.78, 5) is 14.3. The molecule has 0 amide bonds. The van der Waals surface area contributed by atoms with Crippen LogP contribution in [0.4, 0.5) is 0 Å². The summed E-state index contributed by atoms with van der Waals surface area (Å²) in [7, 11) is -5.21. The Labute approximate surface area is 349 Å². The Morgan fingerprint density at radius 2 is 1.51 bits per heavy atom. The summed E-state index contributed by atoms with van der Waals surface area (Å²) in [6.07, 6.45) is -0.911. The van der Waals surface area contributed by atoms with E-state index in [0.717, 1.165) is 53.8 Å². The van der Waals surface area contributed by atoms with Gasteiger partial charge in [-0.25, -0.2) is 4.79 Å². The highest BCUT2D eigenvalue weighted by Crippen LogP contribution is 2.64. The maximum atomic E-state index is 14.3. The molecule has 2 heterocycles. The average molecular weight is 846 g/mol. The molecular weight excluding hydrogens is 769 g/mol. The molecule has 4 fully saturated rings. The Hall–Kier alpha value is -1.20. The Balaban J connectivity index is 1.79. The van der Waals surface area contributed by atoms with Gasteiger partial charge in [-0.15, -0.1) is 0 Å². The number of hydrogen-bond donors (Lipinski definition) is 1. The minimum Gasteiger partial charge on any atom is -0.458 e. The van der Waals surface area contributed by atoms with Crippen molar-refractivity contribution in [3.63, 3.8) is 0 Å². The SMILES string of the molecule is CC[Si](CC)(CC)OC(CCO[Si](C)C)/C(C)=C1/C2OC(C)(C)OC2[C@]2(C)C(O[Si](CC)(CC)CC)CC3OCC3(O)C2C(OC(=O)c2ccccc2)CC1(C)C. The van der Waals surface area contributed by atoms with Gasteiger partial charge in [-0.1, -0.05) is 80.5 Å². The summed E-state index contributed by atoms with van der Waals surface area (Å²) in [6.45, 7) is 31.7. The second-order valence-electron chi connectivity index (χ2n) is 19.1. The summed E-state index contributed by atoms with van der Waals surface area (Å²) < 4.78 is 48.9. The lowest BCUT2D eigenvalue weighted by Crippen LogP contribution is -2.78. The van der Waals surface area contributed by atoms with Crippen molar-refractivity contribution in [2.45, 2.75) is 200 Å². The molecule has 0 aromatic heterocycles. The van der Waals surface area contributed by atoms with Crippen LogP contribution in [0.1, 0.15) is 113 Å². The molecule has 2 saturated carbocycles. The van der Waals surface area contributed by atoms with Gasteiger partial charge in [0.25, 0.3) is 0 Å². The van der Waals surface area contributed by atoms with Gasteiger partial charge in [0.15, 0.2) is 22.4 Å². The van der Waals surface area contributed by atoms with E-state index < -0.39 is 84.2 Å². The van der Waals surface area contributed by atoms with Crippen LogP contribution in [-0.2, 0) is 32.2 Å². The van der Waals surface area contributed by atoms with E-state index >= 15 is 0 Å². The third-order valence-electron chi connectivity index (χ3n) is 14.8. The van der Waals surface area contributed by atoms with Crippen LogP contribution in [0.25, 0.3) is 0 Å². The molecule has 5 rings (SSSR count). The number of ether oxygens (including phenoxy) is 4. The molecule has 1 aromatic rings. The molecule has 323 valence electrons. The largest absolute Gasteiger partial charge is 0.458 e. The summed E-state index contributed by atoms with van der Waals surface area (Å²) in [5.74, 6) is -1.89. The van der Waals surface area contributed by atoms with Gasteiger partial charge in [0, 0.05) is 24.4 Å². The molecule has 8 unspecified atom stereocenters. The minimum absolute atomic E-state index is 0.164. The van der Waals surface area contributed by atoms with Crippen LogP contribution in [0, 0.1) is 16.7 Å². The van der Waals surface area contributed by atoms with Gasteiger partial charge in [0.1, 0.15) is 17.8 Å². The van der Waals surface area contributed by atoms with Crippen molar-refractivity contribution in [3.8, 4) is 0 Å². The fourth-order valence-corrected chi connectivity index (χ4v) is 17.5. The molecule has 0 bridgehead atoms. The number of aliphatic hydroxyl groups is 1. The second kappa shape index (κ2) is 18.0. The lowest BCUT2D eigenvalue weighted by atomic mass is 9.49. The van der Waals surface area contributed by atoms with E-state index in [0.29, 0.717) is 25.0 Å². The minimum atomic E-state index is -2.22. The van der Waals surface area contributed by atoms with Gasteiger partial charge in [0.2, 0.25) is 9.04 Å². The maximum Gasteiger partial charge on any atom is 0.338 e. The molecule has 57 heavy (non-hydrogen) atoms. The van der Waals surface area contributed by atoms with E-state index in [1.807, 2.05) is 32.0 Å². The molecule has 1 aromatic carbocycles. The number of fused-ring (bicyclic) bond motifs is 5. The third kappa shape index (κ3) is 9.07. The highest BCUT2D eigenvalue weighted by Gasteiger charge is 2.74. The van der Waals surface area contributed by atoms with Crippen LogP contribution in [-0.4, -0.2) is 98.0 Å². The number of rotatable bonds is 17. The van der Waals surface area contributed by atoms with Crippen molar-refractivity contribution in [1.82, 2.24) is 0 Å². The molecule has 2 aliphatic heterocycles. The van der Waals surface area contributed by atoms with Crippen LogP contribution < -0.4 is 0 Å². The van der Waals surface area contributed by atoms with Crippen molar-refractivity contribution in [3.05, 3.63) is 47.0 Å². The molecule has 1 radical (unpaired) electrons. The lowest BCUT2D eigenvalue weighted by Gasteiger charge is -2.66. The number of esters is 1. The first-order valence-corrected chi connectivity index (χ1v) is 29.7. The Morgan fingerprint density at radius 1 is 0.912 bits per heavy atom. The third-order valence-corrected chi connectivity index (χ3v) is 24.9. The first kappa shape index (κ1) is 46.9. The number of hydrogen-bond acceptors (Lipinski definition) is 9. The molecule has 12 heteroatoms. The molecular formula is C45H77O9Si3. The first-order valence-electron chi connectivity index (χ1n) is 22.2. The van der Waals surface area contributed by atoms with Crippen molar-refractivity contribution < 1.29 is 42.1 Å². The van der Waals surface area contributed by atoms with E-state index in [4.69, 9.17) is 32.2 Å². The fraction of sp³-hybridized carbons (Fsp3) is 0.800. The number of carbonyl (C=O) groups is 1. The van der Waals surface area contributed by atoms with E-state index in [1.165, 1.54) is 0 Å². The molecule has 2 saturated heterocycles. The van der Waals surface area contributed by atoms with Crippen molar-refractivity contribution >= 4 is 31.6 Å². The van der Waals surface area contributed by atoms with Gasteiger partial charge in [-0.05, 0) is 112 Å². The van der Waals surface area contributed by atoms with E-state index in [2.05, 4.69) is 82.3 Å². The average Bonchev–Trinajstić information content (AvgIpc) is 3.49. The summed E-state index contributed by atoms with van der Waals surface area (Å²) >= 11 is 0. The molecule has 9 atom stereocenters. The summed E-state index contributed by atoms with van der Waals surface area (Å²) in [5, 5.41) is 13.0. The predicted octanol–water partition coefficient (Wildman–Crippen LogP) is 10.1. The molecule has 2 aliphatic carbocycles. The Morgan fingerprint density at radius 3 is 2.04 bits per heavy atom. The monoisotopic (exact) mass is 845 g/mol. The second-order valence-corrected chi connectivity index (χ2v) is 30.6. The normalized spacial score (nSPS) is 33.6.